The van der Waals surface area contributed by atoms with Crippen molar-refractivity contribution in [2.24, 2.45) is 0 Å². The number of hydrogen-bond acceptors (Lipinski definition) is 6. The zero-order chi connectivity index (χ0) is 17.3. The van der Waals surface area contributed by atoms with E-state index in [0.717, 1.165) is 38.2 Å². The van der Waals surface area contributed by atoms with Crippen LogP contribution < -0.4 is 0 Å². The number of carbonyl (C=O) groups excluding carboxylic acids is 3. The highest BCUT2D eigenvalue weighted by atomic mass is 16.5. The van der Waals surface area contributed by atoms with E-state index in [2.05, 4.69) is 6.58 Å². The van der Waals surface area contributed by atoms with Gasteiger partial charge in [-0.3, -0.25) is 9.59 Å². The van der Waals surface area contributed by atoms with E-state index in [4.69, 9.17) is 14.6 Å². The van der Waals surface area contributed by atoms with E-state index in [9.17, 15) is 14.4 Å². The van der Waals surface area contributed by atoms with E-state index >= 15 is 0 Å². The van der Waals surface area contributed by atoms with Crippen molar-refractivity contribution in [2.75, 3.05) is 19.8 Å². The molecule has 0 aromatic carbocycles. The smallest absolute Gasteiger partial charge is 0.330 e. The third kappa shape index (κ3) is 15.0. The van der Waals surface area contributed by atoms with Crippen molar-refractivity contribution in [1.29, 1.82) is 0 Å². The zero-order valence-corrected chi connectivity index (χ0v) is 13.8. The summed E-state index contributed by atoms with van der Waals surface area (Å²) in [5.74, 6) is -0.665. The summed E-state index contributed by atoms with van der Waals surface area (Å²) < 4.78 is 9.81. The summed E-state index contributed by atoms with van der Waals surface area (Å²) in [6, 6.07) is 0. The van der Waals surface area contributed by atoms with Crippen LogP contribution in [-0.2, 0) is 23.9 Å². The number of rotatable bonds is 15. The highest BCUT2D eigenvalue weighted by Gasteiger charge is 2.05. The lowest BCUT2D eigenvalue weighted by Gasteiger charge is -2.05. The van der Waals surface area contributed by atoms with Crippen LogP contribution in [0.25, 0.3) is 0 Å². The Balaban J connectivity index is 3.37. The molecule has 0 amide bonds. The van der Waals surface area contributed by atoms with E-state index in [-0.39, 0.29) is 31.4 Å². The highest BCUT2D eigenvalue weighted by Crippen LogP contribution is 2.05. The molecule has 0 aromatic heterocycles. The molecule has 6 nitrogen and oxygen atoms in total. The molecule has 0 aliphatic carbocycles. The molecule has 0 radical (unpaired) electrons. The van der Waals surface area contributed by atoms with Gasteiger partial charge in [-0.2, -0.15) is 0 Å². The second-order valence-corrected chi connectivity index (χ2v) is 5.23. The fraction of sp³-hybridized carbons (Fsp3) is 0.706. The van der Waals surface area contributed by atoms with Crippen LogP contribution in [0.1, 0.15) is 57.8 Å². The molecule has 0 saturated carbocycles. The molecule has 0 aromatic rings. The maximum absolute atomic E-state index is 11.5. The number of esters is 2. The van der Waals surface area contributed by atoms with Crippen LogP contribution in [0.5, 0.6) is 0 Å². The Kier molecular flexibility index (Phi) is 14.1. The van der Waals surface area contributed by atoms with Gasteiger partial charge >= 0.3 is 11.9 Å². The number of unbranched alkanes of at least 4 members (excludes halogenated alkanes) is 4. The number of ether oxygens (including phenoxy) is 2. The lowest BCUT2D eigenvalue weighted by Crippen LogP contribution is -2.08. The summed E-state index contributed by atoms with van der Waals surface area (Å²) in [6.07, 6.45) is 6.71. The molecule has 0 bridgehead atoms. The molecule has 0 saturated heterocycles. The maximum atomic E-state index is 11.5. The molecular weight excluding hydrogens is 300 g/mol. The Hall–Kier alpha value is -1.69. The molecule has 0 rings (SSSR count). The van der Waals surface area contributed by atoms with Crippen molar-refractivity contribution in [2.45, 2.75) is 57.8 Å². The van der Waals surface area contributed by atoms with Gasteiger partial charge in [0.2, 0.25) is 0 Å². The lowest BCUT2D eigenvalue weighted by molar-refractivity contribution is -0.144. The van der Waals surface area contributed by atoms with Crippen molar-refractivity contribution in [3.8, 4) is 0 Å². The second kappa shape index (κ2) is 15.2. The zero-order valence-electron chi connectivity index (χ0n) is 13.8. The molecule has 0 unspecified atom stereocenters. The minimum Gasteiger partial charge on any atom is -0.466 e. The minimum atomic E-state index is -0.518. The van der Waals surface area contributed by atoms with Gasteiger partial charge < -0.3 is 14.6 Å². The number of ketones is 1. The summed E-state index contributed by atoms with van der Waals surface area (Å²) >= 11 is 0. The first-order chi connectivity index (χ1) is 11.1. The maximum Gasteiger partial charge on any atom is 0.330 e. The average Bonchev–Trinajstić information content (AvgIpc) is 2.54. The molecule has 0 aliphatic heterocycles. The van der Waals surface area contributed by atoms with E-state index in [1.165, 1.54) is 0 Å². The third-order valence-electron chi connectivity index (χ3n) is 3.19. The monoisotopic (exact) mass is 328 g/mol. The van der Waals surface area contributed by atoms with Crippen molar-refractivity contribution in [3.05, 3.63) is 12.7 Å². The molecular formula is C17H28O6. The van der Waals surface area contributed by atoms with Gasteiger partial charge in [-0.15, -0.1) is 0 Å². The molecule has 0 atom stereocenters. The number of hydrogen-bond donors (Lipinski definition) is 1. The van der Waals surface area contributed by atoms with Gasteiger partial charge in [0, 0.05) is 31.9 Å². The van der Waals surface area contributed by atoms with Crippen LogP contribution in [0, 0.1) is 0 Å². The standard InChI is InChI=1S/C17H28O6/c1-2-16(20)23-14-11-15(19)9-5-4-8-13-22-17(21)10-6-3-7-12-18/h2,18H,1,3-14H2. The van der Waals surface area contributed by atoms with Crippen LogP contribution in [0.2, 0.25) is 0 Å². The van der Waals surface area contributed by atoms with Crippen LogP contribution >= 0.6 is 0 Å². The molecule has 6 heteroatoms. The topological polar surface area (TPSA) is 89.9 Å². The Morgan fingerprint density at radius 3 is 2.22 bits per heavy atom. The normalized spacial score (nSPS) is 10.1. The molecule has 23 heavy (non-hydrogen) atoms. The molecule has 1 N–H and O–H groups in total. The van der Waals surface area contributed by atoms with Gasteiger partial charge in [-0.1, -0.05) is 13.0 Å². The predicted molar refractivity (Wildman–Crippen MR) is 85.8 cm³/mol. The van der Waals surface area contributed by atoms with Crippen molar-refractivity contribution in [1.82, 2.24) is 0 Å². The summed E-state index contributed by atoms with van der Waals surface area (Å²) in [6.45, 7) is 3.90. The quantitative estimate of drug-likeness (QED) is 0.282. The van der Waals surface area contributed by atoms with Gasteiger partial charge in [-0.05, 0) is 32.1 Å². The molecule has 132 valence electrons. The van der Waals surface area contributed by atoms with Gasteiger partial charge in [-0.25, -0.2) is 4.79 Å². The van der Waals surface area contributed by atoms with Crippen LogP contribution in [0.15, 0.2) is 12.7 Å². The molecule has 0 spiro atoms. The first kappa shape index (κ1) is 21.3. The molecule has 0 fully saturated rings. The second-order valence-electron chi connectivity index (χ2n) is 5.23. The van der Waals surface area contributed by atoms with Crippen LogP contribution in [-0.4, -0.2) is 42.6 Å². The molecule has 0 heterocycles. The SMILES string of the molecule is C=CC(=O)OCCC(=O)CCCCCOC(=O)CCCCCO. The van der Waals surface area contributed by atoms with E-state index in [1.807, 2.05) is 0 Å². The number of carbonyl (C=O) groups is 3. The Labute approximate surface area is 137 Å². The summed E-state index contributed by atoms with van der Waals surface area (Å²) in [4.78, 5) is 33.6. The Morgan fingerprint density at radius 2 is 1.52 bits per heavy atom. The highest BCUT2D eigenvalue weighted by molar-refractivity contribution is 5.82. The number of Topliss-reactive ketones (excluding diaryl/α,β-unsaturated/α-hetero) is 1. The van der Waals surface area contributed by atoms with Crippen molar-refractivity contribution < 1.29 is 29.0 Å². The third-order valence-corrected chi connectivity index (χ3v) is 3.19. The van der Waals surface area contributed by atoms with Gasteiger partial charge in [0.25, 0.3) is 0 Å². The van der Waals surface area contributed by atoms with E-state index < -0.39 is 5.97 Å². The van der Waals surface area contributed by atoms with E-state index in [0.29, 0.717) is 25.9 Å². The van der Waals surface area contributed by atoms with Gasteiger partial charge in [0.05, 0.1) is 13.2 Å². The lowest BCUT2D eigenvalue weighted by atomic mass is 10.1. The van der Waals surface area contributed by atoms with E-state index in [1.54, 1.807) is 0 Å². The van der Waals surface area contributed by atoms with Crippen molar-refractivity contribution in [3.63, 3.8) is 0 Å². The van der Waals surface area contributed by atoms with Crippen LogP contribution in [0.3, 0.4) is 0 Å². The number of aliphatic hydroxyl groups excluding tert-OH is 1. The summed E-state index contributed by atoms with van der Waals surface area (Å²) in [5.41, 5.74) is 0. The fourth-order valence-electron chi connectivity index (χ4n) is 1.87. The minimum absolute atomic E-state index is 0.0581. The largest absolute Gasteiger partial charge is 0.466 e. The summed E-state index contributed by atoms with van der Waals surface area (Å²) in [5, 5.41) is 8.61. The van der Waals surface area contributed by atoms with Gasteiger partial charge in [0.15, 0.2) is 0 Å². The van der Waals surface area contributed by atoms with Crippen molar-refractivity contribution >= 4 is 17.7 Å². The van der Waals surface area contributed by atoms with Gasteiger partial charge in [0.1, 0.15) is 5.78 Å². The average molecular weight is 328 g/mol. The first-order valence-electron chi connectivity index (χ1n) is 8.17. The molecule has 0 aliphatic rings. The Bertz CT molecular complexity index is 364. The number of aliphatic hydroxyl groups is 1. The van der Waals surface area contributed by atoms with Crippen LogP contribution in [0.4, 0.5) is 0 Å². The Morgan fingerprint density at radius 1 is 0.826 bits per heavy atom. The first-order valence-corrected chi connectivity index (χ1v) is 8.17. The fourth-order valence-corrected chi connectivity index (χ4v) is 1.87. The predicted octanol–water partition coefficient (Wildman–Crippen LogP) is 2.33. The summed E-state index contributed by atoms with van der Waals surface area (Å²) in [7, 11) is 0.